The van der Waals surface area contributed by atoms with Gasteiger partial charge in [-0.05, 0) is 18.6 Å². The lowest BCUT2D eigenvalue weighted by Gasteiger charge is -2.03. The van der Waals surface area contributed by atoms with Gasteiger partial charge in [0.2, 0.25) is 0 Å². The number of phenols is 1. The Kier molecular flexibility index (Phi) is 2.95. The van der Waals surface area contributed by atoms with Crippen molar-refractivity contribution in [3.8, 4) is 17.0 Å². The maximum atomic E-state index is 9.93. The van der Waals surface area contributed by atoms with E-state index in [1.54, 1.807) is 6.07 Å². The Bertz CT molecular complexity index is 701. The van der Waals surface area contributed by atoms with Crippen LogP contribution in [-0.4, -0.2) is 10.3 Å². The Morgan fingerprint density at radius 3 is 2.63 bits per heavy atom. The number of aromatic nitrogens is 1. The predicted octanol–water partition coefficient (Wildman–Crippen LogP) is 4.15. The van der Waals surface area contributed by atoms with Crippen molar-refractivity contribution in [2.75, 3.05) is 0 Å². The highest BCUT2D eigenvalue weighted by molar-refractivity contribution is 5.94. The zero-order valence-corrected chi connectivity index (χ0v) is 10.8. The van der Waals surface area contributed by atoms with Crippen LogP contribution in [0.15, 0.2) is 47.0 Å². The lowest BCUT2D eigenvalue weighted by Crippen LogP contribution is -1.85. The molecule has 1 aromatic heterocycles. The van der Waals surface area contributed by atoms with Gasteiger partial charge < -0.3 is 9.63 Å². The van der Waals surface area contributed by atoms with Crippen molar-refractivity contribution in [3.63, 3.8) is 0 Å². The monoisotopic (exact) mass is 253 g/mol. The van der Waals surface area contributed by atoms with E-state index < -0.39 is 0 Å². The summed E-state index contributed by atoms with van der Waals surface area (Å²) in [6.07, 6.45) is 1.74. The molecule has 0 saturated heterocycles. The number of hydrogen-bond acceptors (Lipinski definition) is 3. The normalized spacial score (nSPS) is 11.0. The van der Waals surface area contributed by atoms with E-state index in [9.17, 15) is 5.11 Å². The quantitative estimate of drug-likeness (QED) is 0.762. The van der Waals surface area contributed by atoms with E-state index in [0.717, 1.165) is 35.0 Å². The SMILES string of the molecule is CCCc1c(O)ccc2c(-c3ccccc3)noc12. The van der Waals surface area contributed by atoms with Crippen LogP contribution in [0.25, 0.3) is 22.2 Å². The summed E-state index contributed by atoms with van der Waals surface area (Å²) in [7, 11) is 0. The van der Waals surface area contributed by atoms with E-state index in [0.29, 0.717) is 5.58 Å². The summed E-state index contributed by atoms with van der Waals surface area (Å²) in [6, 6.07) is 13.5. The molecule has 3 aromatic rings. The van der Waals surface area contributed by atoms with Crippen LogP contribution in [0.3, 0.4) is 0 Å². The number of phenolic OH excluding ortho intramolecular Hbond substituents is 1. The molecule has 96 valence electrons. The molecule has 3 heteroatoms. The molecule has 0 amide bonds. The van der Waals surface area contributed by atoms with Crippen molar-refractivity contribution in [1.82, 2.24) is 5.16 Å². The highest BCUT2D eigenvalue weighted by Crippen LogP contribution is 2.34. The van der Waals surface area contributed by atoms with Gasteiger partial charge in [0.1, 0.15) is 11.4 Å². The summed E-state index contributed by atoms with van der Waals surface area (Å²) >= 11 is 0. The van der Waals surface area contributed by atoms with Gasteiger partial charge in [0.05, 0.1) is 5.39 Å². The van der Waals surface area contributed by atoms with Crippen LogP contribution in [0.1, 0.15) is 18.9 Å². The summed E-state index contributed by atoms with van der Waals surface area (Å²) < 4.78 is 5.46. The maximum Gasteiger partial charge on any atom is 0.174 e. The number of benzene rings is 2. The minimum Gasteiger partial charge on any atom is -0.508 e. The minimum atomic E-state index is 0.283. The second-order valence-electron chi connectivity index (χ2n) is 4.59. The number of aromatic hydroxyl groups is 1. The average molecular weight is 253 g/mol. The molecule has 3 rings (SSSR count). The van der Waals surface area contributed by atoms with Crippen molar-refractivity contribution in [3.05, 3.63) is 48.0 Å². The van der Waals surface area contributed by atoms with Crippen LogP contribution in [-0.2, 0) is 6.42 Å². The Morgan fingerprint density at radius 2 is 1.89 bits per heavy atom. The molecule has 0 spiro atoms. The van der Waals surface area contributed by atoms with Gasteiger partial charge in [-0.25, -0.2) is 0 Å². The smallest absolute Gasteiger partial charge is 0.174 e. The van der Waals surface area contributed by atoms with Gasteiger partial charge in [-0.1, -0.05) is 48.8 Å². The summed E-state index contributed by atoms with van der Waals surface area (Å²) in [6.45, 7) is 2.08. The lowest BCUT2D eigenvalue weighted by molar-refractivity contribution is 0.444. The largest absolute Gasteiger partial charge is 0.508 e. The van der Waals surface area contributed by atoms with E-state index in [1.807, 2.05) is 36.4 Å². The molecular weight excluding hydrogens is 238 g/mol. The molecule has 1 heterocycles. The van der Waals surface area contributed by atoms with Crippen molar-refractivity contribution in [2.45, 2.75) is 19.8 Å². The summed E-state index contributed by atoms with van der Waals surface area (Å²) in [4.78, 5) is 0. The molecule has 1 N–H and O–H groups in total. The number of hydrogen-bond donors (Lipinski definition) is 1. The van der Waals surface area contributed by atoms with Crippen molar-refractivity contribution in [1.29, 1.82) is 0 Å². The molecule has 2 aromatic carbocycles. The predicted molar refractivity (Wildman–Crippen MR) is 75.1 cm³/mol. The highest BCUT2D eigenvalue weighted by atomic mass is 16.5. The second-order valence-corrected chi connectivity index (χ2v) is 4.59. The fourth-order valence-corrected chi connectivity index (χ4v) is 2.34. The molecule has 0 aliphatic heterocycles. The summed E-state index contributed by atoms with van der Waals surface area (Å²) in [5, 5.41) is 15.0. The topological polar surface area (TPSA) is 46.3 Å². The van der Waals surface area contributed by atoms with Crippen LogP contribution in [0.4, 0.5) is 0 Å². The average Bonchev–Trinajstić information content (AvgIpc) is 2.87. The van der Waals surface area contributed by atoms with E-state index in [-0.39, 0.29) is 5.75 Å². The highest BCUT2D eigenvalue weighted by Gasteiger charge is 2.15. The third-order valence-corrected chi connectivity index (χ3v) is 3.27. The molecule has 0 aliphatic rings. The molecule has 0 bridgehead atoms. The number of fused-ring (bicyclic) bond motifs is 1. The van der Waals surface area contributed by atoms with Gasteiger partial charge in [-0.15, -0.1) is 0 Å². The van der Waals surface area contributed by atoms with Gasteiger partial charge in [0.25, 0.3) is 0 Å². The first kappa shape index (κ1) is 11.8. The van der Waals surface area contributed by atoms with E-state index in [4.69, 9.17) is 4.52 Å². The van der Waals surface area contributed by atoms with E-state index >= 15 is 0 Å². The molecule has 0 atom stereocenters. The second kappa shape index (κ2) is 4.76. The first-order valence-electron chi connectivity index (χ1n) is 6.47. The van der Waals surface area contributed by atoms with Crippen LogP contribution in [0.2, 0.25) is 0 Å². The zero-order chi connectivity index (χ0) is 13.2. The molecule has 0 radical (unpaired) electrons. The fourth-order valence-electron chi connectivity index (χ4n) is 2.34. The van der Waals surface area contributed by atoms with Crippen LogP contribution < -0.4 is 0 Å². The van der Waals surface area contributed by atoms with Crippen LogP contribution in [0, 0.1) is 0 Å². The summed E-state index contributed by atoms with van der Waals surface area (Å²) in [5.74, 6) is 0.283. The lowest BCUT2D eigenvalue weighted by atomic mass is 10.0. The van der Waals surface area contributed by atoms with Gasteiger partial charge in [0, 0.05) is 11.1 Å². The van der Waals surface area contributed by atoms with Crippen LogP contribution >= 0.6 is 0 Å². The zero-order valence-electron chi connectivity index (χ0n) is 10.8. The fraction of sp³-hybridized carbons (Fsp3) is 0.188. The van der Waals surface area contributed by atoms with Gasteiger partial charge in [0.15, 0.2) is 5.58 Å². The van der Waals surface area contributed by atoms with E-state index in [2.05, 4.69) is 12.1 Å². The molecule has 0 saturated carbocycles. The van der Waals surface area contributed by atoms with Crippen molar-refractivity contribution < 1.29 is 9.63 Å². The number of rotatable bonds is 3. The van der Waals surface area contributed by atoms with Crippen LogP contribution in [0.5, 0.6) is 5.75 Å². The van der Waals surface area contributed by atoms with Crippen molar-refractivity contribution >= 4 is 11.0 Å². The molecular formula is C16H15NO2. The Balaban J connectivity index is 2.22. The Morgan fingerprint density at radius 1 is 1.11 bits per heavy atom. The molecule has 3 nitrogen and oxygen atoms in total. The third kappa shape index (κ3) is 1.97. The maximum absolute atomic E-state index is 9.93. The summed E-state index contributed by atoms with van der Waals surface area (Å²) in [5.41, 5.74) is 3.39. The number of aryl methyl sites for hydroxylation is 1. The van der Waals surface area contributed by atoms with Gasteiger partial charge in [-0.2, -0.15) is 0 Å². The Hall–Kier alpha value is -2.29. The molecule has 0 fully saturated rings. The standard InChI is InChI=1S/C16H15NO2/c1-2-6-12-14(18)10-9-13-15(17-19-16(12)13)11-7-4-3-5-8-11/h3-5,7-10,18H,2,6H2,1H3. The molecule has 0 aliphatic carbocycles. The van der Waals surface area contributed by atoms with Gasteiger partial charge in [-0.3, -0.25) is 0 Å². The van der Waals surface area contributed by atoms with Gasteiger partial charge >= 0.3 is 0 Å². The minimum absolute atomic E-state index is 0.283. The third-order valence-electron chi connectivity index (χ3n) is 3.27. The van der Waals surface area contributed by atoms with E-state index in [1.165, 1.54) is 0 Å². The van der Waals surface area contributed by atoms with Crippen molar-refractivity contribution in [2.24, 2.45) is 0 Å². The first-order chi connectivity index (χ1) is 9.31. The first-order valence-corrected chi connectivity index (χ1v) is 6.47. The Labute approximate surface area is 111 Å². The molecule has 0 unspecified atom stereocenters. The molecule has 19 heavy (non-hydrogen) atoms. The number of nitrogens with zero attached hydrogens (tertiary/aromatic N) is 1.